The normalized spacial score (nSPS) is 15.7. The van der Waals surface area contributed by atoms with E-state index in [0.29, 0.717) is 0 Å². The maximum absolute atomic E-state index is 12.5. The summed E-state index contributed by atoms with van der Waals surface area (Å²) < 4.78 is 0. The van der Waals surface area contributed by atoms with Gasteiger partial charge in [0, 0.05) is 6.92 Å². The molecule has 26 heavy (non-hydrogen) atoms. The standard InChI is InChI=1S/C17H31N3O6/c1-8(2)7-12(17(25)26)19-15(23)13(9(3)4)20-16(24)14(10(5)21)18-11(6)22/h8-10,12-14,21H,7H2,1-6H3,(H,18,22)(H,19,23)(H,20,24)(H,25,26). The highest BCUT2D eigenvalue weighted by Gasteiger charge is 2.32. The van der Waals surface area contributed by atoms with Crippen LogP contribution in [-0.2, 0) is 19.2 Å². The number of nitrogens with one attached hydrogen (secondary N) is 3. The number of rotatable bonds is 10. The number of carbonyl (C=O) groups is 4. The van der Waals surface area contributed by atoms with E-state index in [1.54, 1.807) is 13.8 Å². The van der Waals surface area contributed by atoms with Gasteiger partial charge in [-0.25, -0.2) is 4.79 Å². The zero-order valence-electron chi connectivity index (χ0n) is 16.2. The molecule has 9 heteroatoms. The van der Waals surface area contributed by atoms with Crippen LogP contribution in [0, 0.1) is 11.8 Å². The molecule has 0 aromatic carbocycles. The van der Waals surface area contributed by atoms with Crippen molar-refractivity contribution >= 4 is 23.7 Å². The lowest BCUT2D eigenvalue weighted by atomic mass is 9.99. The third kappa shape index (κ3) is 8.28. The summed E-state index contributed by atoms with van der Waals surface area (Å²) in [4.78, 5) is 47.4. The van der Waals surface area contributed by atoms with Crippen molar-refractivity contribution in [2.75, 3.05) is 0 Å². The first-order valence-corrected chi connectivity index (χ1v) is 8.65. The average Bonchev–Trinajstić information content (AvgIpc) is 2.47. The molecule has 9 nitrogen and oxygen atoms in total. The molecule has 0 aliphatic rings. The molecular weight excluding hydrogens is 342 g/mol. The number of hydrogen-bond acceptors (Lipinski definition) is 5. The predicted octanol–water partition coefficient (Wildman–Crippen LogP) is -0.372. The molecule has 0 aromatic rings. The fourth-order valence-corrected chi connectivity index (χ4v) is 2.36. The molecule has 0 bridgehead atoms. The van der Waals surface area contributed by atoms with E-state index < -0.39 is 47.9 Å². The van der Waals surface area contributed by atoms with Gasteiger partial charge in [-0.15, -0.1) is 0 Å². The van der Waals surface area contributed by atoms with E-state index in [1.165, 1.54) is 13.8 Å². The SMILES string of the molecule is CC(=O)NC(C(=O)NC(C(=O)NC(CC(C)C)C(=O)O)C(C)C)C(C)O. The van der Waals surface area contributed by atoms with Crippen LogP contribution in [-0.4, -0.2) is 58.1 Å². The summed E-state index contributed by atoms with van der Waals surface area (Å²) in [6.45, 7) is 9.61. The molecule has 0 fully saturated rings. The van der Waals surface area contributed by atoms with Gasteiger partial charge in [-0.3, -0.25) is 14.4 Å². The number of carbonyl (C=O) groups excluding carboxylic acids is 3. The van der Waals surface area contributed by atoms with E-state index in [0.717, 1.165) is 0 Å². The molecule has 4 unspecified atom stereocenters. The smallest absolute Gasteiger partial charge is 0.326 e. The molecule has 0 aromatic heterocycles. The average molecular weight is 373 g/mol. The van der Waals surface area contributed by atoms with Crippen LogP contribution in [0.5, 0.6) is 0 Å². The van der Waals surface area contributed by atoms with E-state index >= 15 is 0 Å². The number of carboxylic acid groups (broad SMARTS) is 1. The van der Waals surface area contributed by atoms with Crippen LogP contribution >= 0.6 is 0 Å². The van der Waals surface area contributed by atoms with Gasteiger partial charge in [-0.05, 0) is 25.2 Å². The number of hydrogen-bond donors (Lipinski definition) is 5. The van der Waals surface area contributed by atoms with Crippen molar-refractivity contribution in [3.8, 4) is 0 Å². The molecule has 0 radical (unpaired) electrons. The predicted molar refractivity (Wildman–Crippen MR) is 95.1 cm³/mol. The minimum absolute atomic E-state index is 0.0582. The number of aliphatic carboxylic acids is 1. The Morgan fingerprint density at radius 2 is 1.35 bits per heavy atom. The molecule has 0 saturated carbocycles. The Hall–Kier alpha value is -2.16. The Kier molecular flexibility index (Phi) is 9.85. The summed E-state index contributed by atoms with van der Waals surface area (Å²) >= 11 is 0. The Morgan fingerprint density at radius 1 is 0.846 bits per heavy atom. The first-order valence-electron chi connectivity index (χ1n) is 8.65. The van der Waals surface area contributed by atoms with E-state index in [9.17, 15) is 29.4 Å². The summed E-state index contributed by atoms with van der Waals surface area (Å²) in [7, 11) is 0. The van der Waals surface area contributed by atoms with Crippen molar-refractivity contribution in [3.63, 3.8) is 0 Å². The van der Waals surface area contributed by atoms with Crippen LogP contribution in [0.3, 0.4) is 0 Å². The minimum Gasteiger partial charge on any atom is -0.480 e. The number of carboxylic acids is 1. The molecule has 5 N–H and O–H groups in total. The quantitative estimate of drug-likeness (QED) is 0.353. The van der Waals surface area contributed by atoms with Crippen LogP contribution in [0.25, 0.3) is 0 Å². The summed E-state index contributed by atoms with van der Waals surface area (Å²) in [5.74, 6) is -3.28. The zero-order valence-corrected chi connectivity index (χ0v) is 16.2. The van der Waals surface area contributed by atoms with Crippen molar-refractivity contribution in [3.05, 3.63) is 0 Å². The van der Waals surface area contributed by atoms with Gasteiger partial charge in [0.2, 0.25) is 17.7 Å². The summed E-state index contributed by atoms with van der Waals surface area (Å²) in [5.41, 5.74) is 0. The summed E-state index contributed by atoms with van der Waals surface area (Å²) in [6, 6.07) is -3.29. The number of aliphatic hydroxyl groups excluding tert-OH is 1. The Balaban J connectivity index is 5.21. The molecule has 4 atom stereocenters. The fourth-order valence-electron chi connectivity index (χ4n) is 2.36. The molecule has 0 spiro atoms. The molecule has 0 aliphatic carbocycles. The third-order valence-electron chi connectivity index (χ3n) is 3.69. The minimum atomic E-state index is -1.22. The maximum atomic E-state index is 12.5. The molecule has 0 aliphatic heterocycles. The first-order chi connectivity index (χ1) is 11.9. The largest absolute Gasteiger partial charge is 0.480 e. The fraction of sp³-hybridized carbons (Fsp3) is 0.765. The number of aliphatic hydroxyl groups is 1. The van der Waals surface area contributed by atoms with E-state index in [4.69, 9.17) is 0 Å². The number of amides is 3. The van der Waals surface area contributed by atoms with Crippen molar-refractivity contribution in [1.82, 2.24) is 16.0 Å². The van der Waals surface area contributed by atoms with E-state index in [-0.39, 0.29) is 18.3 Å². The zero-order chi connectivity index (χ0) is 20.6. The van der Waals surface area contributed by atoms with Gasteiger partial charge in [0.05, 0.1) is 6.10 Å². The van der Waals surface area contributed by atoms with Crippen LogP contribution in [0.4, 0.5) is 0 Å². The molecular formula is C17H31N3O6. The second kappa shape index (κ2) is 10.7. The van der Waals surface area contributed by atoms with Crippen LogP contribution in [0.15, 0.2) is 0 Å². The second-order valence-corrected chi connectivity index (χ2v) is 7.18. The molecule has 0 rings (SSSR count). The lowest BCUT2D eigenvalue weighted by molar-refractivity contribution is -0.143. The van der Waals surface area contributed by atoms with Gasteiger partial charge >= 0.3 is 5.97 Å². The van der Waals surface area contributed by atoms with Gasteiger partial charge < -0.3 is 26.2 Å². The molecule has 0 saturated heterocycles. The third-order valence-corrected chi connectivity index (χ3v) is 3.69. The summed E-state index contributed by atoms with van der Waals surface area (Å²) in [5, 5.41) is 26.2. The highest BCUT2D eigenvalue weighted by molar-refractivity contribution is 5.93. The lowest BCUT2D eigenvalue weighted by Crippen LogP contribution is -2.59. The first kappa shape index (κ1) is 23.8. The van der Waals surface area contributed by atoms with Gasteiger partial charge in [-0.1, -0.05) is 27.7 Å². The molecule has 150 valence electrons. The van der Waals surface area contributed by atoms with Gasteiger partial charge in [0.25, 0.3) is 0 Å². The lowest BCUT2D eigenvalue weighted by Gasteiger charge is -2.27. The Morgan fingerprint density at radius 3 is 1.69 bits per heavy atom. The van der Waals surface area contributed by atoms with Crippen LogP contribution in [0.2, 0.25) is 0 Å². The maximum Gasteiger partial charge on any atom is 0.326 e. The van der Waals surface area contributed by atoms with Crippen molar-refractivity contribution in [2.24, 2.45) is 11.8 Å². The summed E-state index contributed by atoms with van der Waals surface area (Å²) in [6.07, 6.45) is -0.912. The van der Waals surface area contributed by atoms with Gasteiger partial charge in [-0.2, -0.15) is 0 Å². The molecule has 3 amide bonds. The van der Waals surface area contributed by atoms with E-state index in [1.807, 2.05) is 13.8 Å². The van der Waals surface area contributed by atoms with Crippen molar-refractivity contribution < 1.29 is 29.4 Å². The van der Waals surface area contributed by atoms with E-state index in [2.05, 4.69) is 16.0 Å². The van der Waals surface area contributed by atoms with Gasteiger partial charge in [0.15, 0.2) is 0 Å². The van der Waals surface area contributed by atoms with Crippen molar-refractivity contribution in [2.45, 2.75) is 72.2 Å². The Labute approximate surface area is 153 Å². The van der Waals surface area contributed by atoms with Gasteiger partial charge in [0.1, 0.15) is 18.1 Å². The highest BCUT2D eigenvalue weighted by Crippen LogP contribution is 2.08. The Bertz CT molecular complexity index is 519. The van der Waals surface area contributed by atoms with Crippen molar-refractivity contribution in [1.29, 1.82) is 0 Å². The molecule has 0 heterocycles. The monoisotopic (exact) mass is 373 g/mol. The van der Waals surface area contributed by atoms with Crippen LogP contribution in [0.1, 0.15) is 48.0 Å². The topological polar surface area (TPSA) is 145 Å². The second-order valence-electron chi connectivity index (χ2n) is 7.18. The van der Waals surface area contributed by atoms with Crippen LogP contribution < -0.4 is 16.0 Å². The highest BCUT2D eigenvalue weighted by atomic mass is 16.4.